The van der Waals surface area contributed by atoms with Gasteiger partial charge in [0.05, 0.1) is 0 Å². The van der Waals surface area contributed by atoms with Crippen LogP contribution in [-0.4, -0.2) is 64.8 Å². The summed E-state index contributed by atoms with van der Waals surface area (Å²) in [5, 5.41) is 6.18. The summed E-state index contributed by atoms with van der Waals surface area (Å²) in [6, 6.07) is 11.1. The van der Waals surface area contributed by atoms with E-state index in [9.17, 15) is 19.2 Å². The van der Waals surface area contributed by atoms with Crippen molar-refractivity contribution >= 4 is 90.0 Å². The molecule has 6 aromatic rings. The Kier molecular flexibility index (Phi) is 15.2. The molecule has 0 radical (unpaired) electrons. The van der Waals surface area contributed by atoms with Gasteiger partial charge in [0, 0.05) is 0 Å². The topological polar surface area (TPSA) is 105 Å². The molecule has 8 nitrogen and oxygen atoms in total. The van der Waals surface area contributed by atoms with Gasteiger partial charge < -0.3 is 0 Å². The molecule has 5 aromatic carbocycles. The van der Waals surface area contributed by atoms with E-state index in [1.807, 2.05) is 24.3 Å². The summed E-state index contributed by atoms with van der Waals surface area (Å²) < 4.78 is 25.4. The number of hydrogen-bond acceptors (Lipinski definition) is 8. The Bertz CT molecular complexity index is 2140. The molecule has 1 heterocycles. The van der Waals surface area contributed by atoms with Gasteiger partial charge in [0.2, 0.25) is 0 Å². The molecule has 0 spiro atoms. The van der Waals surface area contributed by atoms with Crippen LogP contribution in [0.2, 0.25) is 0 Å². The van der Waals surface area contributed by atoms with Crippen LogP contribution in [0.15, 0.2) is 36.4 Å². The van der Waals surface area contributed by atoms with E-state index in [0.717, 1.165) is 144 Å². The molecule has 0 aliphatic heterocycles. The number of hydrogen-bond donors (Lipinski definition) is 0. The molecule has 304 valence electrons. The standard InChI is InChI=1S/C48H58O8Se/c1-5-9-13-17-25-53-45(49)33-23-21-31-32-22-24-34(46(50)54-26-18-14-10-6-2)40-36(48(52)56-28-20-16-12-8-4)30-38-44(42(32)40)43-37(57-38)29-35(39(33)41(31)43)47(51)55-27-19-15-11-7-3/h21-24,29-30H,5-20,25-28H2,1-4H3. The van der Waals surface area contributed by atoms with Crippen LogP contribution in [0.1, 0.15) is 172 Å². The number of fused-ring (bicyclic) bond motifs is 1. The second kappa shape index (κ2) is 20.5. The van der Waals surface area contributed by atoms with Crippen molar-refractivity contribution in [2.45, 2.75) is 130 Å². The molecule has 0 unspecified atom stereocenters. The Balaban J connectivity index is 1.55. The first-order valence-electron chi connectivity index (χ1n) is 21.5. The summed E-state index contributed by atoms with van der Waals surface area (Å²) in [5.41, 5.74) is 1.36. The fourth-order valence-corrected chi connectivity index (χ4v) is 10.6. The van der Waals surface area contributed by atoms with Crippen molar-refractivity contribution in [3.8, 4) is 0 Å². The molecule has 9 heteroatoms. The van der Waals surface area contributed by atoms with Crippen molar-refractivity contribution in [1.29, 1.82) is 0 Å². The van der Waals surface area contributed by atoms with Crippen molar-refractivity contribution in [2.24, 2.45) is 0 Å². The van der Waals surface area contributed by atoms with Crippen molar-refractivity contribution in [2.75, 3.05) is 26.4 Å². The van der Waals surface area contributed by atoms with Gasteiger partial charge in [-0.3, -0.25) is 0 Å². The van der Waals surface area contributed by atoms with Crippen molar-refractivity contribution in [1.82, 2.24) is 0 Å². The van der Waals surface area contributed by atoms with Crippen LogP contribution in [0.5, 0.6) is 0 Å². The molecular formula is C48H58O8Se. The molecule has 0 atom stereocenters. The van der Waals surface area contributed by atoms with Crippen LogP contribution in [-0.2, 0) is 18.9 Å². The Hall–Kier alpha value is -4.20. The summed E-state index contributed by atoms with van der Waals surface area (Å²) in [4.78, 5) is 56.0. The molecule has 0 saturated heterocycles. The van der Waals surface area contributed by atoms with Gasteiger partial charge in [0.25, 0.3) is 0 Å². The van der Waals surface area contributed by atoms with Gasteiger partial charge in [-0.25, -0.2) is 0 Å². The summed E-state index contributed by atoms with van der Waals surface area (Å²) in [5.74, 6) is -1.86. The molecule has 0 aliphatic carbocycles. The Labute approximate surface area is 342 Å². The second-order valence-electron chi connectivity index (χ2n) is 15.3. The zero-order chi connectivity index (χ0) is 40.3. The van der Waals surface area contributed by atoms with Gasteiger partial charge in [-0.15, -0.1) is 0 Å². The molecule has 57 heavy (non-hydrogen) atoms. The van der Waals surface area contributed by atoms with Crippen LogP contribution in [0.3, 0.4) is 0 Å². The second-order valence-corrected chi connectivity index (χ2v) is 17.6. The van der Waals surface area contributed by atoms with Crippen molar-refractivity contribution in [3.63, 3.8) is 0 Å². The minimum atomic E-state index is -0.469. The average Bonchev–Trinajstić information content (AvgIpc) is 3.60. The van der Waals surface area contributed by atoms with E-state index in [4.69, 9.17) is 18.9 Å². The third-order valence-electron chi connectivity index (χ3n) is 11.1. The van der Waals surface area contributed by atoms with E-state index in [0.29, 0.717) is 59.5 Å². The van der Waals surface area contributed by atoms with Gasteiger partial charge in [0.15, 0.2) is 0 Å². The van der Waals surface area contributed by atoms with Crippen LogP contribution in [0.4, 0.5) is 0 Å². The number of carbonyl (C=O) groups excluding carboxylic acids is 4. The van der Waals surface area contributed by atoms with Crippen LogP contribution in [0.25, 0.3) is 51.6 Å². The molecule has 1 aromatic heterocycles. The summed E-state index contributed by atoms with van der Waals surface area (Å²) >= 11 is -0.302. The Morgan fingerprint density at radius 1 is 0.386 bits per heavy atom. The summed E-state index contributed by atoms with van der Waals surface area (Å²) in [6.07, 6.45) is 15.5. The predicted octanol–water partition coefficient (Wildman–Crippen LogP) is 12.3. The van der Waals surface area contributed by atoms with Gasteiger partial charge in [-0.1, -0.05) is 13.8 Å². The number of ether oxygens (including phenoxy) is 4. The van der Waals surface area contributed by atoms with Crippen LogP contribution in [0, 0.1) is 0 Å². The van der Waals surface area contributed by atoms with E-state index >= 15 is 0 Å². The van der Waals surface area contributed by atoms with E-state index in [1.54, 1.807) is 12.1 Å². The zero-order valence-electron chi connectivity index (χ0n) is 34.3. The Morgan fingerprint density at radius 3 is 1.02 bits per heavy atom. The SMILES string of the molecule is CCCCCCOC(=O)c1ccc2c3ccc(C(=O)OCCCCCC)c4c(C(=O)OCCCCCC)cc5[se]c6cc(C(=O)OCCCCCC)c1c2c6c5c43. The minimum absolute atomic E-state index is 0.296. The average molecular weight is 842 g/mol. The molecule has 0 aliphatic rings. The monoisotopic (exact) mass is 842 g/mol. The summed E-state index contributed by atoms with van der Waals surface area (Å²) in [7, 11) is 0. The zero-order valence-corrected chi connectivity index (χ0v) is 36.0. The predicted molar refractivity (Wildman–Crippen MR) is 231 cm³/mol. The molecule has 0 N–H and O–H groups in total. The maximum atomic E-state index is 14.1. The van der Waals surface area contributed by atoms with Gasteiger partial charge >= 0.3 is 330 Å². The van der Waals surface area contributed by atoms with Crippen molar-refractivity contribution < 1.29 is 38.1 Å². The molecule has 6 rings (SSSR count). The number of unbranched alkanes of at least 4 members (excludes halogenated alkanes) is 12. The third kappa shape index (κ3) is 9.26. The third-order valence-corrected chi connectivity index (χ3v) is 13.3. The molecule has 0 amide bonds. The normalized spacial score (nSPS) is 11.8. The number of benzene rings is 5. The Morgan fingerprint density at radius 2 is 0.702 bits per heavy atom. The first-order valence-corrected chi connectivity index (χ1v) is 23.2. The maximum absolute atomic E-state index is 14.1. The number of carbonyl (C=O) groups is 4. The van der Waals surface area contributed by atoms with E-state index in [-0.39, 0.29) is 14.5 Å². The van der Waals surface area contributed by atoms with E-state index < -0.39 is 23.9 Å². The molecule has 0 bridgehead atoms. The van der Waals surface area contributed by atoms with Crippen LogP contribution < -0.4 is 0 Å². The first kappa shape index (κ1) is 42.4. The van der Waals surface area contributed by atoms with Crippen molar-refractivity contribution in [3.05, 3.63) is 58.7 Å². The molecular weight excluding hydrogens is 783 g/mol. The molecule has 0 saturated carbocycles. The molecule has 0 fully saturated rings. The summed E-state index contributed by atoms with van der Waals surface area (Å²) in [6.45, 7) is 9.76. The van der Waals surface area contributed by atoms with Gasteiger partial charge in [-0.2, -0.15) is 0 Å². The first-order chi connectivity index (χ1) is 27.9. The number of esters is 4. The van der Waals surface area contributed by atoms with E-state index in [2.05, 4.69) is 27.7 Å². The van der Waals surface area contributed by atoms with E-state index in [1.165, 1.54) is 0 Å². The van der Waals surface area contributed by atoms with Crippen LogP contribution >= 0.6 is 0 Å². The fourth-order valence-electron chi connectivity index (χ4n) is 8.05. The number of rotatable bonds is 24. The van der Waals surface area contributed by atoms with Gasteiger partial charge in [-0.05, 0) is 0 Å². The van der Waals surface area contributed by atoms with Gasteiger partial charge in [0.1, 0.15) is 0 Å². The fraction of sp³-hybridized carbons (Fsp3) is 0.500. The quantitative estimate of drug-likeness (QED) is 0.0148.